The molecular weight excluding hydrogens is 404 g/mol. The van der Waals surface area contributed by atoms with E-state index in [4.69, 9.17) is 0 Å². The fraction of sp³-hybridized carbons (Fsp3) is 1.00. The summed E-state index contributed by atoms with van der Waals surface area (Å²) < 4.78 is 86.5. The first-order valence-corrected chi connectivity index (χ1v) is 7.66. The molecule has 8 heteroatoms. The number of hydrogen-bond acceptors (Lipinski definition) is 0. The van der Waals surface area contributed by atoms with Gasteiger partial charge in [0.15, 0.2) is 0 Å². The molecule has 0 N–H and O–H groups in total. The molecule has 0 aliphatic rings. The molecule has 0 spiro atoms. The van der Waals surface area contributed by atoms with Gasteiger partial charge >= 0.3 is 12.4 Å². The van der Waals surface area contributed by atoms with E-state index in [9.17, 15) is 30.7 Å². The van der Waals surface area contributed by atoms with Crippen LogP contribution in [0.5, 0.6) is 0 Å². The second kappa shape index (κ2) is 8.03. The summed E-state index contributed by atoms with van der Waals surface area (Å²) in [5, 5.41) is 0. The van der Waals surface area contributed by atoms with E-state index in [1.54, 1.807) is 0 Å². The smallest absolute Gasteiger partial charge is 0.224 e. The summed E-state index contributed by atoms with van der Waals surface area (Å²) in [4.78, 5) is 0. The van der Waals surface area contributed by atoms with Crippen molar-refractivity contribution >= 4 is 22.6 Å². The minimum absolute atomic E-state index is 0.155. The predicted octanol–water partition coefficient (Wildman–Crippen LogP) is 6.37. The van der Waals surface area contributed by atoms with E-state index in [1.165, 1.54) is 22.6 Å². The average Bonchev–Trinajstić information content (AvgIpc) is 2.25. The fourth-order valence-electron chi connectivity index (χ4n) is 1.77. The summed E-state index contributed by atoms with van der Waals surface area (Å²) in [6, 6.07) is 0. The van der Waals surface area contributed by atoms with E-state index < -0.39 is 28.4 Å². The predicted molar refractivity (Wildman–Crippen MR) is 71.8 cm³/mol. The van der Waals surface area contributed by atoms with Gasteiger partial charge in [-0.25, -0.2) is 4.39 Å². The van der Waals surface area contributed by atoms with Gasteiger partial charge in [0.05, 0.1) is 0 Å². The summed E-state index contributed by atoms with van der Waals surface area (Å²) in [5.41, 5.74) is -5.12. The van der Waals surface area contributed by atoms with Crippen LogP contribution in [0.4, 0.5) is 30.7 Å². The van der Waals surface area contributed by atoms with E-state index >= 15 is 0 Å². The molecule has 0 fully saturated rings. The topological polar surface area (TPSA) is 0 Å². The molecule has 0 radical (unpaired) electrons. The Bertz CT molecular complexity index is 258. The third-order valence-corrected chi connectivity index (χ3v) is 4.09. The minimum atomic E-state index is -5.93. The molecule has 0 saturated heterocycles. The van der Waals surface area contributed by atoms with Crippen molar-refractivity contribution in [3.8, 4) is 0 Å². The number of rotatable bonds is 8. The maximum absolute atomic E-state index is 13.4. The lowest BCUT2D eigenvalue weighted by molar-refractivity contribution is -0.342. The quantitative estimate of drug-likeness (QED) is 0.185. The highest BCUT2D eigenvalue weighted by Gasteiger charge is 2.72. The van der Waals surface area contributed by atoms with Gasteiger partial charge in [-0.3, -0.25) is 0 Å². The van der Waals surface area contributed by atoms with Crippen molar-refractivity contribution in [1.82, 2.24) is 0 Å². The van der Waals surface area contributed by atoms with Crippen LogP contribution in [0.25, 0.3) is 0 Å². The first-order chi connectivity index (χ1) is 8.95. The van der Waals surface area contributed by atoms with Crippen LogP contribution in [0.15, 0.2) is 0 Å². The van der Waals surface area contributed by atoms with Gasteiger partial charge in [0.2, 0.25) is 0 Å². The van der Waals surface area contributed by atoms with Gasteiger partial charge in [-0.1, -0.05) is 61.6 Å². The van der Waals surface area contributed by atoms with Gasteiger partial charge < -0.3 is 0 Å². The highest BCUT2D eigenvalue weighted by molar-refractivity contribution is 14.1. The number of unbranched alkanes of at least 4 members (excludes halogenated alkanes) is 4. The maximum atomic E-state index is 13.4. The largest absolute Gasteiger partial charge is 0.431 e. The van der Waals surface area contributed by atoms with Crippen LogP contribution < -0.4 is 0 Å². The molecule has 1 unspecified atom stereocenters. The van der Waals surface area contributed by atoms with Crippen molar-refractivity contribution < 1.29 is 30.7 Å². The molecule has 0 aromatic heterocycles. The fourth-order valence-corrected chi connectivity index (χ4v) is 2.82. The molecule has 0 aromatic carbocycles. The molecule has 0 aromatic rings. The molecule has 0 heterocycles. The Morgan fingerprint density at radius 3 is 1.65 bits per heavy atom. The van der Waals surface area contributed by atoms with Crippen molar-refractivity contribution in [3.63, 3.8) is 0 Å². The number of alkyl halides is 8. The first-order valence-electron chi connectivity index (χ1n) is 6.42. The third-order valence-electron chi connectivity index (χ3n) is 3.02. The number of halogens is 8. The van der Waals surface area contributed by atoms with Crippen LogP contribution in [0.2, 0.25) is 0 Å². The van der Waals surface area contributed by atoms with Crippen molar-refractivity contribution in [3.05, 3.63) is 0 Å². The lowest BCUT2D eigenvalue weighted by Gasteiger charge is -2.31. The van der Waals surface area contributed by atoms with Crippen molar-refractivity contribution in [2.45, 2.75) is 73.8 Å². The Balaban J connectivity index is 4.47. The molecule has 122 valence electrons. The summed E-state index contributed by atoms with van der Waals surface area (Å²) in [7, 11) is 0. The van der Waals surface area contributed by atoms with Crippen LogP contribution in [0, 0.1) is 0 Å². The van der Waals surface area contributed by atoms with Gasteiger partial charge in [-0.2, -0.15) is 26.3 Å². The Morgan fingerprint density at radius 2 is 1.25 bits per heavy atom. The lowest BCUT2D eigenvalue weighted by atomic mass is 9.96. The van der Waals surface area contributed by atoms with Gasteiger partial charge in [0.1, 0.15) is 0 Å². The van der Waals surface area contributed by atoms with E-state index in [-0.39, 0.29) is 6.42 Å². The van der Waals surface area contributed by atoms with Crippen molar-refractivity contribution in [2.75, 3.05) is 0 Å². The molecule has 0 aliphatic carbocycles. The van der Waals surface area contributed by atoms with Crippen LogP contribution in [-0.4, -0.2) is 21.9 Å². The van der Waals surface area contributed by atoms with Gasteiger partial charge in [0.25, 0.3) is 5.67 Å². The van der Waals surface area contributed by atoms with Gasteiger partial charge in [0, 0.05) is 10.3 Å². The van der Waals surface area contributed by atoms with E-state index in [0.717, 1.165) is 25.7 Å². The van der Waals surface area contributed by atoms with E-state index in [1.807, 2.05) is 6.92 Å². The monoisotopic (exact) mass is 422 g/mol. The molecule has 20 heavy (non-hydrogen) atoms. The maximum Gasteiger partial charge on any atom is 0.431 e. The zero-order valence-corrected chi connectivity index (χ0v) is 13.2. The minimum Gasteiger partial charge on any atom is -0.224 e. The molecule has 0 rings (SSSR count). The van der Waals surface area contributed by atoms with Crippen molar-refractivity contribution in [2.24, 2.45) is 0 Å². The molecule has 0 aliphatic heterocycles. The van der Waals surface area contributed by atoms with Gasteiger partial charge in [-0.15, -0.1) is 0 Å². The van der Waals surface area contributed by atoms with Crippen LogP contribution in [0.1, 0.15) is 51.9 Å². The second-order valence-corrected chi connectivity index (χ2v) is 6.56. The van der Waals surface area contributed by atoms with E-state index in [0.29, 0.717) is 6.42 Å². The summed E-state index contributed by atoms with van der Waals surface area (Å²) in [5.74, 6) is 0. The Hall–Kier alpha value is 0.240. The SMILES string of the molecule is CCCCCCCC(I)CC(F)(C(F)(F)F)C(F)(F)F. The van der Waals surface area contributed by atoms with Gasteiger partial charge in [-0.05, 0) is 6.42 Å². The summed E-state index contributed by atoms with van der Waals surface area (Å²) >= 11 is 1.47. The summed E-state index contributed by atoms with van der Waals surface area (Å²) in [6.07, 6.45) is -9.18. The zero-order chi connectivity index (χ0) is 16.0. The zero-order valence-electron chi connectivity index (χ0n) is 11.1. The van der Waals surface area contributed by atoms with Crippen LogP contribution in [-0.2, 0) is 0 Å². The molecule has 0 saturated carbocycles. The average molecular weight is 422 g/mol. The van der Waals surface area contributed by atoms with Crippen LogP contribution >= 0.6 is 22.6 Å². The first kappa shape index (κ1) is 20.2. The Kier molecular flexibility index (Phi) is 8.12. The normalized spacial score (nSPS) is 15.4. The molecule has 0 bridgehead atoms. The highest BCUT2D eigenvalue weighted by Crippen LogP contribution is 2.50. The second-order valence-electron chi connectivity index (χ2n) is 4.80. The summed E-state index contributed by atoms with van der Waals surface area (Å²) in [6.45, 7) is 1.99. The lowest BCUT2D eigenvalue weighted by Crippen LogP contribution is -2.54. The third kappa shape index (κ3) is 5.93. The molecule has 0 amide bonds. The molecular formula is C12H18F7I. The standard InChI is InChI=1S/C12H18F7I/c1-2-3-4-5-6-7-9(20)8-10(13,11(14,15)16)12(17,18)19/h9H,2-8H2,1H3. The Morgan fingerprint density at radius 1 is 0.800 bits per heavy atom. The van der Waals surface area contributed by atoms with Crippen molar-refractivity contribution in [1.29, 1.82) is 0 Å². The molecule has 1 atom stereocenters. The highest BCUT2D eigenvalue weighted by atomic mass is 127. The van der Waals surface area contributed by atoms with E-state index in [2.05, 4.69) is 0 Å². The Labute approximate surface area is 127 Å². The molecule has 0 nitrogen and oxygen atoms in total. The van der Waals surface area contributed by atoms with Crippen LogP contribution in [0.3, 0.4) is 0 Å². The number of hydrogen-bond donors (Lipinski definition) is 0.